The van der Waals surface area contributed by atoms with Gasteiger partial charge in [0.2, 0.25) is 0 Å². The lowest BCUT2D eigenvalue weighted by molar-refractivity contribution is 1.15. The van der Waals surface area contributed by atoms with E-state index in [1.165, 1.54) is 43.6 Å². The summed E-state index contributed by atoms with van der Waals surface area (Å²) in [5.41, 5.74) is 17.0. The van der Waals surface area contributed by atoms with Gasteiger partial charge in [-0.05, 0) is 95.9 Å². The molecule has 0 atom stereocenters. The van der Waals surface area contributed by atoms with E-state index in [1.54, 1.807) is 0 Å². The maximum Gasteiger partial charge on any atom is 0.0715 e. The number of hydrogen-bond acceptors (Lipinski definition) is 1. The van der Waals surface area contributed by atoms with Crippen molar-refractivity contribution in [3.8, 4) is 57.4 Å². The number of rotatable bonds is 8. The lowest BCUT2D eigenvalue weighted by atomic mass is 9.96. The molecule has 8 aromatic carbocycles. The van der Waals surface area contributed by atoms with Crippen LogP contribution >= 0.6 is 0 Å². The molecule has 11 aromatic rings. The molecule has 296 valence electrons. The summed E-state index contributed by atoms with van der Waals surface area (Å²) in [5.74, 6) is 2.89. The van der Waals surface area contributed by atoms with Gasteiger partial charge in [0, 0.05) is 49.5 Å². The summed E-state index contributed by atoms with van der Waals surface area (Å²) in [7, 11) is 0. The number of hydrogen-bond donors (Lipinski definition) is 0. The van der Waals surface area contributed by atoms with Gasteiger partial charge in [0.1, 0.15) is 0 Å². The van der Waals surface area contributed by atoms with Crippen molar-refractivity contribution in [3.05, 3.63) is 236 Å². The van der Waals surface area contributed by atoms with Crippen molar-refractivity contribution in [1.29, 1.82) is 0 Å². The molecule has 0 amide bonds. The van der Waals surface area contributed by atoms with Gasteiger partial charge in [-0.1, -0.05) is 164 Å². The largest absolute Gasteiger partial charge is 0.309 e. The molecule has 0 saturated heterocycles. The van der Waals surface area contributed by atoms with E-state index in [0.29, 0.717) is 0 Å². The van der Waals surface area contributed by atoms with E-state index >= 15 is 0 Å². The minimum Gasteiger partial charge on any atom is -0.309 e. The third-order valence-corrected chi connectivity index (χ3v) is 12.2. The Morgan fingerprint density at radius 3 is 1.52 bits per heavy atom. The number of fused-ring (bicyclic) bond motifs is 6. The van der Waals surface area contributed by atoms with Gasteiger partial charge in [0.25, 0.3) is 0 Å². The zero-order valence-corrected chi connectivity index (χ0v) is 34.8. The highest BCUT2D eigenvalue weighted by Gasteiger charge is 2.19. The fourth-order valence-electron chi connectivity index (χ4n) is 9.13. The van der Waals surface area contributed by atoms with Crippen LogP contribution in [0.3, 0.4) is 0 Å². The van der Waals surface area contributed by atoms with E-state index in [0.717, 1.165) is 67.3 Å². The van der Waals surface area contributed by atoms with Crippen LogP contribution in [-0.4, -0.2) is 14.1 Å². The molecule has 0 bridgehead atoms. The summed E-state index contributed by atoms with van der Waals surface area (Å²) in [5, 5.41) is 4.92. The third-order valence-electron chi connectivity index (χ3n) is 12.2. The molecule has 0 unspecified atom stereocenters. The van der Waals surface area contributed by atoms with Crippen LogP contribution in [0.5, 0.6) is 0 Å². The summed E-state index contributed by atoms with van der Waals surface area (Å²) >= 11 is 0. The summed E-state index contributed by atoms with van der Waals surface area (Å²) in [6.45, 7) is 2.14. The van der Waals surface area contributed by atoms with E-state index in [-0.39, 0.29) is 0 Å². The lowest BCUT2D eigenvalue weighted by Crippen LogP contribution is -2.01. The molecular formula is C60H41N3. The molecule has 0 saturated carbocycles. The molecule has 0 fully saturated rings. The summed E-state index contributed by atoms with van der Waals surface area (Å²) in [6.07, 6.45) is 10.2. The first-order valence-electron chi connectivity index (χ1n) is 21.3. The van der Waals surface area contributed by atoms with Crippen molar-refractivity contribution in [3.63, 3.8) is 0 Å². The molecule has 0 aliphatic carbocycles. The summed E-state index contributed by atoms with van der Waals surface area (Å²) in [6, 6.07) is 75.6. The van der Waals surface area contributed by atoms with E-state index < -0.39 is 0 Å². The topological polar surface area (TPSA) is 22.8 Å². The van der Waals surface area contributed by atoms with Gasteiger partial charge in [-0.2, -0.15) is 0 Å². The Bertz CT molecular complexity index is 3520. The van der Waals surface area contributed by atoms with E-state index in [4.69, 9.17) is 11.4 Å². The van der Waals surface area contributed by atoms with Crippen LogP contribution in [0.25, 0.3) is 99.8 Å². The fraction of sp³-hybridized carbons (Fsp3) is 0.0167. The zero-order valence-electron chi connectivity index (χ0n) is 34.8. The van der Waals surface area contributed by atoms with Crippen molar-refractivity contribution in [1.82, 2.24) is 14.1 Å². The Morgan fingerprint density at radius 2 is 0.937 bits per heavy atom. The van der Waals surface area contributed by atoms with Crippen molar-refractivity contribution in [2.45, 2.75) is 6.92 Å². The van der Waals surface area contributed by atoms with Crippen molar-refractivity contribution in [2.24, 2.45) is 0 Å². The molecule has 11 rings (SSSR count). The Balaban J connectivity index is 1.12. The first-order valence-corrected chi connectivity index (χ1v) is 21.3. The van der Waals surface area contributed by atoms with Crippen molar-refractivity contribution >= 4 is 54.8 Å². The Hall–Kier alpha value is -8.45. The fourth-order valence-corrected chi connectivity index (χ4v) is 9.13. The predicted molar refractivity (Wildman–Crippen MR) is 266 cm³/mol. The highest BCUT2D eigenvalue weighted by Crippen LogP contribution is 2.40. The van der Waals surface area contributed by atoms with Crippen molar-refractivity contribution in [2.75, 3.05) is 0 Å². The molecule has 0 aliphatic heterocycles. The van der Waals surface area contributed by atoms with Gasteiger partial charge < -0.3 is 9.13 Å². The number of terminal acetylenes is 1. The van der Waals surface area contributed by atoms with Gasteiger partial charge in [-0.15, -0.1) is 6.42 Å². The monoisotopic (exact) mass is 803 g/mol. The normalized spacial score (nSPS) is 12.1. The van der Waals surface area contributed by atoms with Crippen LogP contribution in [0.1, 0.15) is 18.1 Å². The minimum atomic E-state index is 0.836. The first kappa shape index (κ1) is 37.5. The number of benzene rings is 8. The van der Waals surface area contributed by atoms with E-state index in [9.17, 15) is 0 Å². The smallest absolute Gasteiger partial charge is 0.0715 e. The highest BCUT2D eigenvalue weighted by atomic mass is 15.0. The molecule has 0 aliphatic rings. The summed E-state index contributed by atoms with van der Waals surface area (Å²) < 4.78 is 4.83. The second kappa shape index (κ2) is 15.9. The zero-order chi connectivity index (χ0) is 42.3. The number of nitrogens with zero attached hydrogens (tertiary/aromatic N) is 3. The minimum absolute atomic E-state index is 0.836. The Morgan fingerprint density at radius 1 is 0.444 bits per heavy atom. The number of allylic oxidation sites excluding steroid dienone is 4. The van der Waals surface area contributed by atoms with Crippen molar-refractivity contribution < 1.29 is 0 Å². The van der Waals surface area contributed by atoms with Crippen LogP contribution in [0.2, 0.25) is 0 Å². The molecule has 3 nitrogen and oxygen atoms in total. The van der Waals surface area contributed by atoms with Crippen LogP contribution in [0.4, 0.5) is 0 Å². The maximum atomic E-state index is 6.01. The number of para-hydroxylation sites is 4. The molecule has 3 heteroatoms. The SMILES string of the molecule is C#CC(=CC=C(C)c1cc(-c2ccccc2)nc(-c2cccc(-c3cc(-n4c5ccccc5c5ccccc54)ccc3-n3c4ccccc4c4ccccc43)c2)c1)c1ccccc1. The second-order valence-electron chi connectivity index (χ2n) is 16.0. The average molecular weight is 804 g/mol. The van der Waals surface area contributed by atoms with Gasteiger partial charge >= 0.3 is 0 Å². The average Bonchev–Trinajstić information content (AvgIpc) is 3.87. The van der Waals surface area contributed by atoms with Crippen LogP contribution < -0.4 is 0 Å². The molecule has 0 radical (unpaired) electrons. The second-order valence-corrected chi connectivity index (χ2v) is 16.0. The van der Waals surface area contributed by atoms with Gasteiger partial charge in [-0.25, -0.2) is 4.98 Å². The Kier molecular flexibility index (Phi) is 9.45. The number of aromatic nitrogens is 3. The molecule has 3 heterocycles. The molecular weight excluding hydrogens is 763 g/mol. The maximum absolute atomic E-state index is 6.01. The lowest BCUT2D eigenvalue weighted by Gasteiger charge is -2.18. The molecule has 0 N–H and O–H groups in total. The third kappa shape index (κ3) is 6.72. The van der Waals surface area contributed by atoms with Crippen LogP contribution in [0.15, 0.2) is 224 Å². The quantitative estimate of drug-likeness (QED) is 0.111. The van der Waals surface area contributed by atoms with Crippen LogP contribution in [-0.2, 0) is 0 Å². The molecule has 63 heavy (non-hydrogen) atoms. The van der Waals surface area contributed by atoms with E-state index in [1.807, 2.05) is 42.5 Å². The van der Waals surface area contributed by atoms with Crippen LogP contribution in [0, 0.1) is 12.3 Å². The van der Waals surface area contributed by atoms with Gasteiger partial charge in [-0.3, -0.25) is 0 Å². The molecule has 3 aromatic heterocycles. The van der Waals surface area contributed by atoms with Gasteiger partial charge in [0.05, 0.1) is 39.1 Å². The molecule has 0 spiro atoms. The predicted octanol–water partition coefficient (Wildman–Crippen LogP) is 15.4. The highest BCUT2D eigenvalue weighted by molar-refractivity contribution is 6.11. The first-order chi connectivity index (χ1) is 31.1. The number of pyridine rings is 1. The summed E-state index contributed by atoms with van der Waals surface area (Å²) in [4.78, 5) is 5.35. The van der Waals surface area contributed by atoms with E-state index in [2.05, 4.69) is 204 Å². The van der Waals surface area contributed by atoms with Gasteiger partial charge in [0.15, 0.2) is 0 Å². The standard InChI is InChI=1S/C60H41N3/c1-3-42(43-19-6-4-7-20-43)34-33-41(2)47-38-54(44-21-8-5-9-22-44)61-55(39-47)46-24-18-23-45(37-46)53-40-48(62-56-29-14-10-25-49(56)50-26-11-15-30-57(50)62)35-36-60(53)63-58-31-16-12-27-51(58)52-28-13-17-32-59(52)63/h1,4-40H,2H3. The Labute approximate surface area is 367 Å².